The van der Waals surface area contributed by atoms with Gasteiger partial charge in [-0.1, -0.05) is 30.3 Å². The van der Waals surface area contributed by atoms with Crippen LogP contribution in [0.25, 0.3) is 21.6 Å². The van der Waals surface area contributed by atoms with Crippen LogP contribution < -0.4 is 11.0 Å². The van der Waals surface area contributed by atoms with Crippen molar-refractivity contribution in [3.05, 3.63) is 70.1 Å². The summed E-state index contributed by atoms with van der Waals surface area (Å²) in [4.78, 5) is 33.3. The predicted molar refractivity (Wildman–Crippen MR) is 94.4 cm³/mol. The molecule has 24 heavy (non-hydrogen) atoms. The van der Waals surface area contributed by atoms with E-state index in [9.17, 15) is 9.59 Å². The lowest BCUT2D eigenvalue weighted by Crippen LogP contribution is -2.12. The van der Waals surface area contributed by atoms with Gasteiger partial charge in [0.1, 0.15) is 10.7 Å². The lowest BCUT2D eigenvalue weighted by Gasteiger charge is -2.03. The molecule has 2 aromatic carbocycles. The first-order valence-corrected chi connectivity index (χ1v) is 8.11. The molecule has 118 valence electrons. The number of imidazole rings is 1. The first-order valence-electron chi connectivity index (χ1n) is 7.23. The van der Waals surface area contributed by atoms with E-state index >= 15 is 0 Å². The summed E-state index contributed by atoms with van der Waals surface area (Å²) >= 11 is 1.42. The van der Waals surface area contributed by atoms with Gasteiger partial charge in [0, 0.05) is 16.6 Å². The van der Waals surface area contributed by atoms with Gasteiger partial charge >= 0.3 is 5.69 Å². The lowest BCUT2D eigenvalue weighted by atomic mass is 10.2. The van der Waals surface area contributed by atoms with Crippen LogP contribution in [0.1, 0.15) is 10.5 Å². The molecular formula is C17H12N4O2S. The van der Waals surface area contributed by atoms with Crippen LogP contribution in [0.5, 0.6) is 0 Å². The highest BCUT2D eigenvalue weighted by Gasteiger charge is 2.12. The number of nitrogens with one attached hydrogen (secondary N) is 3. The highest BCUT2D eigenvalue weighted by atomic mass is 32.1. The molecule has 0 fully saturated rings. The fraction of sp³-hybridized carbons (Fsp3) is 0. The van der Waals surface area contributed by atoms with Crippen LogP contribution in [0.2, 0.25) is 0 Å². The third-order valence-corrected chi connectivity index (χ3v) is 4.42. The Labute approximate surface area is 140 Å². The maximum atomic E-state index is 12.4. The van der Waals surface area contributed by atoms with Crippen molar-refractivity contribution < 1.29 is 4.79 Å². The van der Waals surface area contributed by atoms with E-state index in [-0.39, 0.29) is 11.6 Å². The number of hydrogen-bond donors (Lipinski definition) is 3. The Morgan fingerprint density at radius 2 is 1.83 bits per heavy atom. The number of fused-ring (bicyclic) bond motifs is 1. The van der Waals surface area contributed by atoms with Crippen molar-refractivity contribution in [3.63, 3.8) is 0 Å². The Kier molecular flexibility index (Phi) is 3.47. The summed E-state index contributed by atoms with van der Waals surface area (Å²) in [6, 6.07) is 14.9. The van der Waals surface area contributed by atoms with Crippen molar-refractivity contribution >= 4 is 34.0 Å². The Morgan fingerprint density at radius 1 is 1.04 bits per heavy atom. The van der Waals surface area contributed by atoms with Crippen molar-refractivity contribution in [3.8, 4) is 10.6 Å². The van der Waals surface area contributed by atoms with Gasteiger partial charge in [0.2, 0.25) is 0 Å². The summed E-state index contributed by atoms with van der Waals surface area (Å²) in [6.45, 7) is 0. The van der Waals surface area contributed by atoms with Crippen LogP contribution in [-0.2, 0) is 0 Å². The highest BCUT2D eigenvalue weighted by molar-refractivity contribution is 7.13. The molecule has 0 bridgehead atoms. The van der Waals surface area contributed by atoms with E-state index in [1.807, 2.05) is 30.3 Å². The van der Waals surface area contributed by atoms with Gasteiger partial charge in [0.25, 0.3) is 5.91 Å². The Hall–Kier alpha value is -3.19. The number of anilines is 1. The van der Waals surface area contributed by atoms with Crippen molar-refractivity contribution in [1.82, 2.24) is 15.0 Å². The molecule has 0 saturated carbocycles. The van der Waals surface area contributed by atoms with Gasteiger partial charge in [-0.2, -0.15) is 0 Å². The molecule has 4 rings (SSSR count). The average Bonchev–Trinajstić information content (AvgIpc) is 3.21. The maximum absolute atomic E-state index is 12.4. The van der Waals surface area contributed by atoms with Gasteiger partial charge in [-0.25, -0.2) is 9.78 Å². The topological polar surface area (TPSA) is 90.6 Å². The Balaban J connectivity index is 1.57. The lowest BCUT2D eigenvalue weighted by molar-refractivity contribution is 0.102. The first kappa shape index (κ1) is 14.4. The predicted octanol–water partition coefficient (Wildman–Crippen LogP) is 3.23. The van der Waals surface area contributed by atoms with E-state index < -0.39 is 0 Å². The highest BCUT2D eigenvalue weighted by Crippen LogP contribution is 2.24. The van der Waals surface area contributed by atoms with Crippen molar-refractivity contribution in [2.45, 2.75) is 0 Å². The molecule has 0 aliphatic carbocycles. The van der Waals surface area contributed by atoms with E-state index in [1.54, 1.807) is 23.6 Å². The van der Waals surface area contributed by atoms with E-state index in [2.05, 4.69) is 20.3 Å². The van der Waals surface area contributed by atoms with E-state index in [0.29, 0.717) is 22.4 Å². The monoisotopic (exact) mass is 336 g/mol. The normalized spacial score (nSPS) is 10.8. The summed E-state index contributed by atoms with van der Waals surface area (Å²) < 4.78 is 0. The van der Waals surface area contributed by atoms with Crippen LogP contribution in [0.4, 0.5) is 5.69 Å². The Bertz CT molecular complexity index is 1080. The number of aromatic nitrogens is 3. The molecular weight excluding hydrogens is 324 g/mol. The largest absolute Gasteiger partial charge is 0.323 e. The number of amides is 1. The molecule has 4 aromatic rings. The first-order chi connectivity index (χ1) is 11.7. The van der Waals surface area contributed by atoms with Crippen molar-refractivity contribution in [2.75, 3.05) is 5.32 Å². The van der Waals surface area contributed by atoms with Crippen LogP contribution in [0.3, 0.4) is 0 Å². The molecule has 7 heteroatoms. The molecule has 2 heterocycles. The van der Waals surface area contributed by atoms with Crippen LogP contribution in [0, 0.1) is 0 Å². The molecule has 0 atom stereocenters. The fourth-order valence-corrected chi connectivity index (χ4v) is 3.20. The molecule has 0 aliphatic heterocycles. The second kappa shape index (κ2) is 5.78. The maximum Gasteiger partial charge on any atom is 0.323 e. The standard InChI is InChI=1S/C17H12N4O2S/c22-15(14-9-24-16(19-14)10-4-2-1-3-5-10)18-11-6-7-12-13(8-11)21-17(23)20-12/h1-9H,(H,18,22)(H2,20,21,23). The number of carbonyl (C=O) groups is 1. The fourth-order valence-electron chi connectivity index (χ4n) is 2.40. The second-order valence-electron chi connectivity index (χ2n) is 5.20. The van der Waals surface area contributed by atoms with Gasteiger partial charge in [0.05, 0.1) is 11.0 Å². The molecule has 0 unspecified atom stereocenters. The number of rotatable bonds is 3. The van der Waals surface area contributed by atoms with Gasteiger partial charge in [-0.05, 0) is 18.2 Å². The number of nitrogens with zero attached hydrogens (tertiary/aromatic N) is 1. The molecule has 2 aromatic heterocycles. The van der Waals surface area contributed by atoms with Crippen LogP contribution >= 0.6 is 11.3 Å². The van der Waals surface area contributed by atoms with E-state index in [4.69, 9.17) is 0 Å². The van der Waals surface area contributed by atoms with Gasteiger partial charge in [0.15, 0.2) is 0 Å². The summed E-state index contributed by atoms with van der Waals surface area (Å²) in [5.74, 6) is -0.286. The number of aromatic amines is 2. The Morgan fingerprint density at radius 3 is 2.67 bits per heavy atom. The summed E-state index contributed by atoms with van der Waals surface area (Å²) in [5, 5.41) is 5.32. The number of benzene rings is 2. The zero-order chi connectivity index (χ0) is 16.5. The molecule has 1 amide bonds. The molecule has 0 aliphatic rings. The number of hydrogen-bond acceptors (Lipinski definition) is 4. The smallest absolute Gasteiger partial charge is 0.321 e. The number of carbonyl (C=O) groups excluding carboxylic acids is 1. The zero-order valence-corrected chi connectivity index (χ0v) is 13.2. The van der Waals surface area contributed by atoms with Crippen LogP contribution in [0.15, 0.2) is 58.7 Å². The van der Waals surface area contributed by atoms with Crippen molar-refractivity contribution in [2.24, 2.45) is 0 Å². The van der Waals surface area contributed by atoms with E-state index in [1.165, 1.54) is 11.3 Å². The molecule has 0 saturated heterocycles. The van der Waals surface area contributed by atoms with Gasteiger partial charge in [-0.15, -0.1) is 11.3 Å². The molecule has 0 radical (unpaired) electrons. The minimum absolute atomic E-state index is 0.277. The quantitative estimate of drug-likeness (QED) is 0.536. The number of thiazole rings is 1. The summed E-state index contributed by atoms with van der Waals surface area (Å²) in [5.41, 5.74) is 2.99. The molecule has 0 spiro atoms. The zero-order valence-electron chi connectivity index (χ0n) is 12.4. The minimum Gasteiger partial charge on any atom is -0.321 e. The third-order valence-electron chi connectivity index (χ3n) is 3.53. The second-order valence-corrected chi connectivity index (χ2v) is 6.06. The summed E-state index contributed by atoms with van der Waals surface area (Å²) in [7, 11) is 0. The average molecular weight is 336 g/mol. The minimum atomic E-state index is -0.286. The van der Waals surface area contributed by atoms with Crippen molar-refractivity contribution in [1.29, 1.82) is 0 Å². The van der Waals surface area contributed by atoms with Gasteiger partial charge in [-0.3, -0.25) is 4.79 Å². The number of H-pyrrole nitrogens is 2. The SMILES string of the molecule is O=C(Nc1ccc2[nH]c(=O)[nH]c2c1)c1csc(-c2ccccc2)n1. The summed E-state index contributed by atoms with van der Waals surface area (Å²) in [6.07, 6.45) is 0. The third kappa shape index (κ3) is 2.72. The molecule has 6 nitrogen and oxygen atoms in total. The van der Waals surface area contributed by atoms with Gasteiger partial charge < -0.3 is 15.3 Å². The van der Waals surface area contributed by atoms with E-state index in [0.717, 1.165) is 10.6 Å². The molecule has 3 N–H and O–H groups in total. The van der Waals surface area contributed by atoms with Crippen LogP contribution in [-0.4, -0.2) is 20.9 Å².